The number of carbonyl (C=O) groups is 1. The maximum atomic E-state index is 12.1. The van der Waals surface area contributed by atoms with E-state index in [0.29, 0.717) is 18.5 Å². The van der Waals surface area contributed by atoms with Crippen LogP contribution in [0.5, 0.6) is 0 Å². The smallest absolute Gasteiger partial charge is 0.237 e. The zero-order valence-corrected chi connectivity index (χ0v) is 13.2. The van der Waals surface area contributed by atoms with Crippen molar-refractivity contribution in [2.75, 3.05) is 19.6 Å². The number of hydrogen-bond donors (Lipinski definition) is 2. The summed E-state index contributed by atoms with van der Waals surface area (Å²) in [5.41, 5.74) is 5.79. The lowest BCUT2D eigenvalue weighted by Crippen LogP contribution is -2.52. The molecule has 1 rings (SSSR count). The first-order chi connectivity index (χ1) is 8.73. The van der Waals surface area contributed by atoms with Gasteiger partial charge in [-0.25, -0.2) is 0 Å². The number of carbonyl (C=O) groups excluding carboxylic acids is 1. The summed E-state index contributed by atoms with van der Waals surface area (Å²) >= 11 is 0. The Kier molecular flexibility index (Phi) is 5.81. The Morgan fingerprint density at radius 2 is 1.79 bits per heavy atom. The molecule has 1 aliphatic heterocycles. The molecule has 4 nitrogen and oxygen atoms in total. The average molecular weight is 269 g/mol. The van der Waals surface area contributed by atoms with E-state index >= 15 is 0 Å². The second-order valence-corrected chi connectivity index (χ2v) is 7.14. The van der Waals surface area contributed by atoms with Gasteiger partial charge in [-0.1, -0.05) is 34.6 Å². The van der Waals surface area contributed by atoms with Gasteiger partial charge < -0.3 is 11.1 Å². The fourth-order valence-electron chi connectivity index (χ4n) is 2.57. The normalized spacial score (nSPS) is 20.6. The average Bonchev–Trinajstić information content (AvgIpc) is 2.79. The molecule has 0 aromatic carbocycles. The van der Waals surface area contributed by atoms with Crippen LogP contribution in [0.1, 0.15) is 47.5 Å². The Bertz CT molecular complexity index is 290. The third kappa shape index (κ3) is 4.77. The number of nitrogens with one attached hydrogen (secondary N) is 1. The van der Waals surface area contributed by atoms with Crippen LogP contribution in [0.3, 0.4) is 0 Å². The van der Waals surface area contributed by atoms with Crippen molar-refractivity contribution in [3.8, 4) is 0 Å². The van der Waals surface area contributed by atoms with Crippen LogP contribution >= 0.6 is 0 Å². The Balaban J connectivity index is 2.50. The van der Waals surface area contributed by atoms with Gasteiger partial charge in [0, 0.05) is 12.6 Å². The van der Waals surface area contributed by atoms with Gasteiger partial charge in [-0.2, -0.15) is 0 Å². The summed E-state index contributed by atoms with van der Waals surface area (Å²) in [6.07, 6.45) is 2.55. The van der Waals surface area contributed by atoms with Gasteiger partial charge in [-0.15, -0.1) is 0 Å². The van der Waals surface area contributed by atoms with Crippen LogP contribution in [0.2, 0.25) is 0 Å². The lowest BCUT2D eigenvalue weighted by atomic mass is 9.87. The van der Waals surface area contributed by atoms with E-state index in [2.05, 4.69) is 24.1 Å². The monoisotopic (exact) mass is 269 g/mol. The van der Waals surface area contributed by atoms with Gasteiger partial charge in [-0.3, -0.25) is 9.69 Å². The molecule has 1 heterocycles. The molecule has 0 saturated carbocycles. The van der Waals surface area contributed by atoms with E-state index in [1.165, 1.54) is 12.8 Å². The van der Waals surface area contributed by atoms with Gasteiger partial charge in [0.05, 0.1) is 6.04 Å². The summed E-state index contributed by atoms with van der Waals surface area (Å²) in [4.78, 5) is 14.6. The Labute approximate surface area is 118 Å². The summed E-state index contributed by atoms with van der Waals surface area (Å²) < 4.78 is 0. The maximum Gasteiger partial charge on any atom is 0.237 e. The standard InChI is InChI=1S/C15H31N3O/c1-11(2)12(18-8-6-7-9-18)10-17-14(19)13(16)15(3,4)5/h11-13H,6-10,16H2,1-5H3,(H,17,19)/t12?,13-/m1/s1. The van der Waals surface area contributed by atoms with Crippen molar-refractivity contribution in [3.05, 3.63) is 0 Å². The number of nitrogens with zero attached hydrogens (tertiary/aromatic N) is 1. The van der Waals surface area contributed by atoms with Crippen LogP contribution in [0.4, 0.5) is 0 Å². The molecule has 2 atom stereocenters. The molecule has 0 aromatic heterocycles. The largest absolute Gasteiger partial charge is 0.353 e. The highest BCUT2D eigenvalue weighted by Gasteiger charge is 2.29. The van der Waals surface area contributed by atoms with E-state index < -0.39 is 6.04 Å². The first kappa shape index (κ1) is 16.4. The fourth-order valence-corrected chi connectivity index (χ4v) is 2.57. The van der Waals surface area contributed by atoms with Crippen molar-refractivity contribution in [1.82, 2.24) is 10.2 Å². The van der Waals surface area contributed by atoms with Crippen LogP contribution in [0.15, 0.2) is 0 Å². The van der Waals surface area contributed by atoms with Gasteiger partial charge in [0.25, 0.3) is 0 Å². The third-order valence-electron chi connectivity index (χ3n) is 4.08. The van der Waals surface area contributed by atoms with Crippen LogP contribution in [-0.4, -0.2) is 42.5 Å². The van der Waals surface area contributed by atoms with Gasteiger partial charge >= 0.3 is 0 Å². The third-order valence-corrected chi connectivity index (χ3v) is 4.08. The Morgan fingerprint density at radius 3 is 2.21 bits per heavy atom. The second kappa shape index (κ2) is 6.71. The van der Waals surface area contributed by atoms with Crippen molar-refractivity contribution < 1.29 is 4.79 Å². The highest BCUT2D eigenvalue weighted by atomic mass is 16.2. The second-order valence-electron chi connectivity index (χ2n) is 7.14. The molecule has 0 aromatic rings. The van der Waals surface area contributed by atoms with Crippen LogP contribution in [0.25, 0.3) is 0 Å². The van der Waals surface area contributed by atoms with Gasteiger partial charge in [0.2, 0.25) is 5.91 Å². The lowest BCUT2D eigenvalue weighted by Gasteiger charge is -2.32. The van der Waals surface area contributed by atoms with Crippen LogP contribution < -0.4 is 11.1 Å². The van der Waals surface area contributed by atoms with E-state index in [0.717, 1.165) is 13.1 Å². The molecule has 1 aliphatic rings. The minimum atomic E-state index is -0.445. The molecule has 1 fully saturated rings. The first-order valence-electron chi connectivity index (χ1n) is 7.51. The minimum absolute atomic E-state index is 0.0302. The molecule has 112 valence electrons. The molecule has 3 N–H and O–H groups in total. The van der Waals surface area contributed by atoms with Crippen molar-refractivity contribution in [2.45, 2.75) is 59.5 Å². The predicted molar refractivity (Wildman–Crippen MR) is 79.9 cm³/mol. The molecule has 1 unspecified atom stereocenters. The van der Waals surface area contributed by atoms with E-state index in [1.807, 2.05) is 20.8 Å². The lowest BCUT2D eigenvalue weighted by molar-refractivity contribution is -0.124. The zero-order chi connectivity index (χ0) is 14.6. The summed E-state index contributed by atoms with van der Waals surface area (Å²) in [7, 11) is 0. The molecule has 1 amide bonds. The zero-order valence-electron chi connectivity index (χ0n) is 13.2. The van der Waals surface area contributed by atoms with Crippen molar-refractivity contribution in [3.63, 3.8) is 0 Å². The number of likely N-dealkylation sites (tertiary alicyclic amines) is 1. The van der Waals surface area contributed by atoms with Gasteiger partial charge in [0.1, 0.15) is 0 Å². The molecule has 1 saturated heterocycles. The van der Waals surface area contributed by atoms with Crippen molar-refractivity contribution in [2.24, 2.45) is 17.1 Å². The van der Waals surface area contributed by atoms with E-state index in [4.69, 9.17) is 5.73 Å². The summed E-state index contributed by atoms with van der Waals surface area (Å²) in [5.74, 6) is 0.515. The highest BCUT2D eigenvalue weighted by Crippen LogP contribution is 2.19. The summed E-state index contributed by atoms with van der Waals surface area (Å²) in [6.45, 7) is 13.5. The number of amides is 1. The van der Waals surface area contributed by atoms with Crippen LogP contribution in [-0.2, 0) is 4.79 Å². The van der Waals surface area contributed by atoms with E-state index in [-0.39, 0.29) is 11.3 Å². The quantitative estimate of drug-likeness (QED) is 0.797. The summed E-state index contributed by atoms with van der Waals surface area (Å²) in [6, 6.07) is -0.0162. The number of hydrogen-bond acceptors (Lipinski definition) is 3. The predicted octanol–water partition coefficient (Wildman–Crippen LogP) is 1.60. The molecule has 4 heteroatoms. The molecule has 0 spiro atoms. The molecular formula is C15H31N3O. The molecule has 0 radical (unpaired) electrons. The van der Waals surface area contributed by atoms with Crippen LogP contribution in [0, 0.1) is 11.3 Å². The molecular weight excluding hydrogens is 238 g/mol. The molecule has 19 heavy (non-hydrogen) atoms. The molecule has 0 bridgehead atoms. The Morgan fingerprint density at radius 1 is 1.26 bits per heavy atom. The minimum Gasteiger partial charge on any atom is -0.353 e. The van der Waals surface area contributed by atoms with Gasteiger partial charge in [0.15, 0.2) is 0 Å². The number of rotatable bonds is 5. The summed E-state index contributed by atoms with van der Waals surface area (Å²) in [5, 5.41) is 3.04. The van der Waals surface area contributed by atoms with E-state index in [9.17, 15) is 4.79 Å². The van der Waals surface area contributed by atoms with Crippen molar-refractivity contribution >= 4 is 5.91 Å². The van der Waals surface area contributed by atoms with E-state index in [1.54, 1.807) is 0 Å². The topological polar surface area (TPSA) is 58.4 Å². The SMILES string of the molecule is CC(C)C(CNC(=O)[C@@H](N)C(C)(C)C)N1CCCC1. The fraction of sp³-hybridized carbons (Fsp3) is 0.933. The van der Waals surface area contributed by atoms with Crippen molar-refractivity contribution in [1.29, 1.82) is 0 Å². The first-order valence-corrected chi connectivity index (χ1v) is 7.51. The number of nitrogens with two attached hydrogens (primary N) is 1. The highest BCUT2D eigenvalue weighted by molar-refractivity contribution is 5.82. The molecule has 0 aliphatic carbocycles. The Hall–Kier alpha value is -0.610. The van der Waals surface area contributed by atoms with Gasteiger partial charge in [-0.05, 0) is 37.3 Å². The maximum absolute atomic E-state index is 12.1.